The van der Waals surface area contributed by atoms with Crippen LogP contribution in [0.4, 0.5) is 5.13 Å². The van der Waals surface area contributed by atoms with Crippen LogP contribution >= 0.6 is 11.3 Å². The lowest BCUT2D eigenvalue weighted by atomic mass is 10.2. The van der Waals surface area contributed by atoms with Crippen molar-refractivity contribution in [2.24, 2.45) is 0 Å². The maximum Gasteiger partial charge on any atom is 0.255 e. The molecule has 0 radical (unpaired) electrons. The fraction of sp³-hybridized carbons (Fsp3) is 0.474. The molecular weight excluding hydrogens is 430 g/mol. The number of anilines is 1. The molecule has 9 nitrogen and oxygen atoms in total. The van der Waals surface area contributed by atoms with Crippen molar-refractivity contribution in [3.05, 3.63) is 28.8 Å². The highest BCUT2D eigenvalue weighted by Gasteiger charge is 2.33. The quantitative estimate of drug-likeness (QED) is 0.713. The average molecular weight is 454 g/mol. The summed E-state index contributed by atoms with van der Waals surface area (Å²) in [6.07, 6.45) is 1.59. The molecule has 11 heteroatoms. The van der Waals surface area contributed by atoms with Gasteiger partial charge in [0.15, 0.2) is 5.13 Å². The molecule has 0 saturated carbocycles. The molecule has 4 rings (SSSR count). The minimum absolute atomic E-state index is 0.0595. The average Bonchev–Trinajstić information content (AvgIpc) is 3.42. The number of aromatic nitrogens is 1. The van der Waals surface area contributed by atoms with Gasteiger partial charge in [0.1, 0.15) is 22.5 Å². The number of hydrogen-bond acceptors (Lipinski definition) is 8. The molecule has 0 aliphatic carbocycles. The summed E-state index contributed by atoms with van der Waals surface area (Å²) >= 11 is 1.29. The predicted molar refractivity (Wildman–Crippen MR) is 111 cm³/mol. The van der Waals surface area contributed by atoms with Crippen molar-refractivity contribution in [1.82, 2.24) is 9.29 Å². The van der Waals surface area contributed by atoms with Crippen molar-refractivity contribution in [2.75, 3.05) is 32.7 Å². The van der Waals surface area contributed by atoms with Gasteiger partial charge in [-0.25, -0.2) is 13.4 Å². The van der Waals surface area contributed by atoms with Crippen LogP contribution in [0.15, 0.2) is 23.1 Å². The minimum Gasteiger partial charge on any atom is -0.497 e. The Labute approximate surface area is 179 Å². The zero-order chi connectivity index (χ0) is 21.3. The minimum atomic E-state index is -3.81. The lowest BCUT2D eigenvalue weighted by molar-refractivity contribution is -0.124. The van der Waals surface area contributed by atoms with Gasteiger partial charge in [0.2, 0.25) is 10.0 Å². The number of sulfonamides is 1. The zero-order valence-electron chi connectivity index (χ0n) is 16.7. The molecule has 1 amide bonds. The summed E-state index contributed by atoms with van der Waals surface area (Å²) in [6.45, 7) is 1.07. The zero-order valence-corrected chi connectivity index (χ0v) is 18.3. The largest absolute Gasteiger partial charge is 0.497 e. The van der Waals surface area contributed by atoms with Crippen molar-refractivity contribution < 1.29 is 27.4 Å². The lowest BCUT2D eigenvalue weighted by Gasteiger charge is -2.26. The predicted octanol–water partition coefficient (Wildman–Crippen LogP) is 2.02. The van der Waals surface area contributed by atoms with Crippen molar-refractivity contribution in [3.8, 4) is 11.5 Å². The van der Waals surface area contributed by atoms with Crippen LogP contribution < -0.4 is 14.8 Å². The second-order valence-electron chi connectivity index (χ2n) is 6.99. The van der Waals surface area contributed by atoms with Crippen molar-refractivity contribution in [3.63, 3.8) is 0 Å². The SMILES string of the molecule is COc1ccc(OC)c(S(=O)(=O)N2CCc3nc(NC(=O)C4CCCO4)sc3C2)c1. The molecule has 1 atom stereocenters. The third-order valence-corrected chi connectivity index (χ3v) is 8.00. The molecule has 0 spiro atoms. The number of amides is 1. The number of nitrogens with one attached hydrogen (secondary N) is 1. The third-order valence-electron chi connectivity index (χ3n) is 5.14. The number of nitrogens with zero attached hydrogens (tertiary/aromatic N) is 2. The summed E-state index contributed by atoms with van der Waals surface area (Å²) < 4.78 is 43.8. The van der Waals surface area contributed by atoms with Crippen molar-refractivity contribution in [2.45, 2.75) is 36.8 Å². The number of carbonyl (C=O) groups is 1. The summed E-state index contributed by atoms with van der Waals surface area (Å²) in [7, 11) is -0.894. The van der Waals surface area contributed by atoms with Crippen LogP contribution in [0.25, 0.3) is 0 Å². The second kappa shape index (κ2) is 8.50. The highest BCUT2D eigenvalue weighted by molar-refractivity contribution is 7.89. The molecule has 1 aromatic heterocycles. The molecule has 0 bridgehead atoms. The Morgan fingerprint density at radius 3 is 2.87 bits per heavy atom. The van der Waals surface area contributed by atoms with Crippen LogP contribution in [-0.4, -0.2) is 57.1 Å². The van der Waals surface area contributed by atoms with E-state index in [4.69, 9.17) is 14.2 Å². The van der Waals surface area contributed by atoms with Crippen molar-refractivity contribution in [1.29, 1.82) is 0 Å². The maximum absolute atomic E-state index is 13.3. The number of fused-ring (bicyclic) bond motifs is 1. The smallest absolute Gasteiger partial charge is 0.255 e. The Morgan fingerprint density at radius 2 is 2.17 bits per heavy atom. The summed E-state index contributed by atoms with van der Waals surface area (Å²) in [6, 6.07) is 4.69. The first-order valence-corrected chi connectivity index (χ1v) is 11.8. The number of hydrogen-bond donors (Lipinski definition) is 1. The van der Waals surface area contributed by atoms with Gasteiger partial charge in [-0.1, -0.05) is 0 Å². The molecule has 1 aromatic carbocycles. The molecule has 3 heterocycles. The molecule has 30 heavy (non-hydrogen) atoms. The van der Waals surface area contributed by atoms with E-state index in [1.54, 1.807) is 12.1 Å². The van der Waals surface area contributed by atoms with Gasteiger partial charge < -0.3 is 14.2 Å². The van der Waals surface area contributed by atoms with Crippen LogP contribution in [0.2, 0.25) is 0 Å². The standard InChI is InChI=1S/C19H23N3O6S2/c1-26-12-5-6-14(27-2)17(10-12)30(24,25)22-8-7-13-16(11-22)29-19(20-13)21-18(23)15-4-3-9-28-15/h5-6,10,15H,3-4,7-9,11H2,1-2H3,(H,20,21,23). The number of benzene rings is 1. The summed E-state index contributed by atoms with van der Waals surface area (Å²) in [5, 5.41) is 3.27. The lowest BCUT2D eigenvalue weighted by Crippen LogP contribution is -2.35. The molecule has 1 unspecified atom stereocenters. The Bertz CT molecular complexity index is 1050. The summed E-state index contributed by atoms with van der Waals surface area (Å²) in [5.74, 6) is 0.489. The van der Waals surface area contributed by atoms with Gasteiger partial charge in [-0.2, -0.15) is 4.31 Å². The molecular formula is C19H23N3O6S2. The van der Waals surface area contributed by atoms with E-state index < -0.39 is 16.1 Å². The summed E-state index contributed by atoms with van der Waals surface area (Å²) in [5.41, 5.74) is 0.812. The van der Waals surface area contributed by atoms with E-state index in [0.29, 0.717) is 36.9 Å². The molecule has 2 aliphatic rings. The van der Waals surface area contributed by atoms with Crippen LogP contribution in [0.1, 0.15) is 23.4 Å². The van der Waals surface area contributed by atoms with E-state index in [2.05, 4.69) is 10.3 Å². The second-order valence-corrected chi connectivity index (χ2v) is 9.98. The normalized spacial score (nSPS) is 19.3. The topological polar surface area (TPSA) is 107 Å². The highest BCUT2D eigenvalue weighted by atomic mass is 32.2. The van der Waals surface area contributed by atoms with E-state index in [9.17, 15) is 13.2 Å². The Balaban J connectivity index is 1.54. The van der Waals surface area contributed by atoms with Crippen LogP contribution in [0.3, 0.4) is 0 Å². The van der Waals surface area contributed by atoms with Gasteiger partial charge in [0.25, 0.3) is 5.91 Å². The maximum atomic E-state index is 13.3. The summed E-state index contributed by atoms with van der Waals surface area (Å²) in [4.78, 5) is 17.6. The van der Waals surface area contributed by atoms with E-state index >= 15 is 0 Å². The van der Waals surface area contributed by atoms with Crippen molar-refractivity contribution >= 4 is 32.4 Å². The first-order chi connectivity index (χ1) is 14.4. The van der Waals surface area contributed by atoms with Gasteiger partial charge in [-0.3, -0.25) is 10.1 Å². The molecule has 2 aromatic rings. The van der Waals surface area contributed by atoms with E-state index in [1.165, 1.54) is 35.9 Å². The number of ether oxygens (including phenoxy) is 3. The van der Waals surface area contributed by atoms with E-state index in [0.717, 1.165) is 17.0 Å². The van der Waals surface area contributed by atoms with E-state index in [-0.39, 0.29) is 23.1 Å². The fourth-order valence-electron chi connectivity index (χ4n) is 3.53. The third kappa shape index (κ3) is 4.02. The molecule has 1 N–H and O–H groups in total. The van der Waals surface area contributed by atoms with E-state index in [1.807, 2.05) is 0 Å². The van der Waals surface area contributed by atoms with Gasteiger partial charge >= 0.3 is 0 Å². The Kier molecular flexibility index (Phi) is 5.96. The van der Waals surface area contributed by atoms with Crippen LogP contribution in [0, 0.1) is 0 Å². The van der Waals surface area contributed by atoms with Crippen LogP contribution in [0.5, 0.6) is 11.5 Å². The number of thiazole rings is 1. The molecule has 2 aliphatic heterocycles. The molecule has 1 fully saturated rings. The molecule has 162 valence electrons. The van der Waals surface area contributed by atoms with Gasteiger partial charge in [0.05, 0.1) is 26.5 Å². The number of carbonyl (C=O) groups excluding carboxylic acids is 1. The molecule has 1 saturated heterocycles. The van der Waals surface area contributed by atoms with Gasteiger partial charge in [-0.05, 0) is 25.0 Å². The Hall–Kier alpha value is -2.21. The monoisotopic (exact) mass is 453 g/mol. The number of methoxy groups -OCH3 is 2. The van der Waals surface area contributed by atoms with Gasteiger partial charge in [0, 0.05) is 30.5 Å². The van der Waals surface area contributed by atoms with Crippen LogP contribution in [-0.2, 0) is 32.5 Å². The number of rotatable bonds is 6. The first kappa shape index (κ1) is 21.0. The fourth-order valence-corrected chi connectivity index (χ4v) is 6.21. The Morgan fingerprint density at radius 1 is 1.33 bits per heavy atom. The first-order valence-electron chi connectivity index (χ1n) is 9.55. The van der Waals surface area contributed by atoms with Gasteiger partial charge in [-0.15, -0.1) is 11.3 Å². The highest BCUT2D eigenvalue weighted by Crippen LogP contribution is 2.35.